The summed E-state index contributed by atoms with van der Waals surface area (Å²) in [5.41, 5.74) is 2.50. The van der Waals surface area contributed by atoms with E-state index >= 15 is 0 Å². The van der Waals surface area contributed by atoms with Crippen molar-refractivity contribution in [1.82, 2.24) is 4.90 Å². The first kappa shape index (κ1) is 20.3. The van der Waals surface area contributed by atoms with Gasteiger partial charge in [0.15, 0.2) is 5.43 Å². The maximum Gasteiger partial charge on any atom is 0.290 e. The van der Waals surface area contributed by atoms with Crippen LogP contribution in [0.25, 0.3) is 11.0 Å². The highest BCUT2D eigenvalue weighted by molar-refractivity contribution is 6.30. The van der Waals surface area contributed by atoms with Gasteiger partial charge in [-0.3, -0.25) is 9.59 Å². The minimum Gasteiger partial charge on any atom is -0.497 e. The summed E-state index contributed by atoms with van der Waals surface area (Å²) in [5, 5.41) is 1.06. The molecule has 5 rings (SSSR count). The summed E-state index contributed by atoms with van der Waals surface area (Å²) in [6, 6.07) is 21.5. The number of amides is 1. The molecule has 5 nitrogen and oxygen atoms in total. The predicted octanol–water partition coefficient (Wildman–Crippen LogP) is 5.24. The Morgan fingerprint density at radius 2 is 1.69 bits per heavy atom. The maximum atomic E-state index is 13.4. The molecule has 4 aromatic rings. The maximum absolute atomic E-state index is 13.4. The van der Waals surface area contributed by atoms with Crippen molar-refractivity contribution in [2.45, 2.75) is 12.5 Å². The van der Waals surface area contributed by atoms with Crippen LogP contribution in [0, 0.1) is 0 Å². The van der Waals surface area contributed by atoms with E-state index in [1.165, 1.54) is 0 Å². The number of hydrogen-bond acceptors (Lipinski definition) is 4. The summed E-state index contributed by atoms with van der Waals surface area (Å²) < 4.78 is 11.2. The molecule has 0 radical (unpaired) electrons. The second-order valence-electron chi connectivity index (χ2n) is 7.72. The number of carbonyl (C=O) groups is 1. The van der Waals surface area contributed by atoms with Crippen LogP contribution in [0.1, 0.15) is 33.3 Å². The first-order chi connectivity index (χ1) is 15.6. The van der Waals surface area contributed by atoms with E-state index in [4.69, 9.17) is 20.8 Å². The fraction of sp³-hybridized carbons (Fsp3) is 0.154. The highest BCUT2D eigenvalue weighted by Gasteiger charge is 2.42. The molecule has 0 spiro atoms. The quantitative estimate of drug-likeness (QED) is 0.421. The van der Waals surface area contributed by atoms with Crippen LogP contribution < -0.4 is 10.2 Å². The van der Waals surface area contributed by atoms with Crippen LogP contribution in [0.15, 0.2) is 82.0 Å². The van der Waals surface area contributed by atoms with Gasteiger partial charge in [0.2, 0.25) is 5.76 Å². The minimum atomic E-state index is -0.533. The first-order valence-corrected chi connectivity index (χ1v) is 10.7. The lowest BCUT2D eigenvalue weighted by Crippen LogP contribution is -2.31. The summed E-state index contributed by atoms with van der Waals surface area (Å²) in [6.45, 7) is 0.429. The Balaban J connectivity index is 1.58. The average Bonchev–Trinajstić information content (AvgIpc) is 3.10. The fourth-order valence-electron chi connectivity index (χ4n) is 4.23. The molecule has 160 valence electrons. The third kappa shape index (κ3) is 3.45. The van der Waals surface area contributed by atoms with Crippen LogP contribution in [-0.4, -0.2) is 24.5 Å². The highest BCUT2D eigenvalue weighted by atomic mass is 35.5. The Kier molecular flexibility index (Phi) is 5.19. The van der Waals surface area contributed by atoms with E-state index in [9.17, 15) is 9.59 Å². The number of rotatable bonds is 5. The molecular weight excluding hydrogens is 426 g/mol. The van der Waals surface area contributed by atoms with E-state index < -0.39 is 6.04 Å². The van der Waals surface area contributed by atoms with Gasteiger partial charge in [-0.1, -0.05) is 48.0 Å². The molecule has 0 bridgehead atoms. The Hall–Kier alpha value is -3.57. The van der Waals surface area contributed by atoms with Crippen molar-refractivity contribution in [3.63, 3.8) is 0 Å². The van der Waals surface area contributed by atoms with Crippen molar-refractivity contribution in [3.8, 4) is 5.75 Å². The standard InChI is InChI=1S/C26H20ClNO4/c1-31-19-12-6-16(7-13-19)14-15-28-23(17-8-10-18(27)11-9-17)22-24(29)20-4-2-3-5-21(20)32-25(22)26(28)30/h2-13,23H,14-15H2,1H3/t23-/m1/s1. The van der Waals surface area contributed by atoms with Crippen LogP contribution >= 0.6 is 11.6 Å². The molecule has 0 N–H and O–H groups in total. The molecule has 1 aliphatic heterocycles. The minimum absolute atomic E-state index is 0.114. The van der Waals surface area contributed by atoms with Gasteiger partial charge in [0.1, 0.15) is 11.3 Å². The van der Waals surface area contributed by atoms with E-state index in [1.54, 1.807) is 48.4 Å². The molecule has 0 aliphatic carbocycles. The summed E-state index contributed by atoms with van der Waals surface area (Å²) in [7, 11) is 1.62. The van der Waals surface area contributed by atoms with Crippen LogP contribution in [0.5, 0.6) is 5.75 Å². The van der Waals surface area contributed by atoms with Gasteiger partial charge in [-0.05, 0) is 53.9 Å². The molecule has 1 atom stereocenters. The number of methoxy groups -OCH3 is 1. The van der Waals surface area contributed by atoms with Crippen molar-refractivity contribution in [2.24, 2.45) is 0 Å². The first-order valence-electron chi connectivity index (χ1n) is 10.3. The number of nitrogens with zero attached hydrogens (tertiary/aromatic N) is 1. The predicted molar refractivity (Wildman–Crippen MR) is 124 cm³/mol. The number of halogens is 1. The zero-order chi connectivity index (χ0) is 22.2. The third-order valence-electron chi connectivity index (χ3n) is 5.86. The highest BCUT2D eigenvalue weighted by Crippen LogP contribution is 2.38. The second kappa shape index (κ2) is 8.17. The number of hydrogen-bond donors (Lipinski definition) is 0. The van der Waals surface area contributed by atoms with Crippen molar-refractivity contribution >= 4 is 28.5 Å². The van der Waals surface area contributed by atoms with Crippen molar-refractivity contribution < 1.29 is 13.9 Å². The van der Waals surface area contributed by atoms with Crippen LogP contribution in [0.4, 0.5) is 0 Å². The van der Waals surface area contributed by atoms with Gasteiger partial charge in [0.25, 0.3) is 5.91 Å². The number of fused-ring (bicyclic) bond motifs is 2. The van der Waals surface area contributed by atoms with E-state index in [2.05, 4.69) is 0 Å². The van der Waals surface area contributed by atoms with E-state index in [0.29, 0.717) is 34.5 Å². The Labute approximate surface area is 189 Å². The molecule has 1 amide bonds. The van der Waals surface area contributed by atoms with E-state index in [0.717, 1.165) is 16.9 Å². The van der Waals surface area contributed by atoms with Crippen LogP contribution in [0.3, 0.4) is 0 Å². The van der Waals surface area contributed by atoms with Gasteiger partial charge in [0.05, 0.1) is 24.1 Å². The number of benzene rings is 3. The van der Waals surface area contributed by atoms with E-state index in [-0.39, 0.29) is 17.1 Å². The summed E-state index contributed by atoms with van der Waals surface area (Å²) in [5.74, 6) is 0.610. The van der Waals surface area contributed by atoms with Crippen molar-refractivity contribution in [3.05, 3.63) is 110 Å². The van der Waals surface area contributed by atoms with Gasteiger partial charge >= 0.3 is 0 Å². The zero-order valence-electron chi connectivity index (χ0n) is 17.4. The molecule has 0 saturated heterocycles. The van der Waals surface area contributed by atoms with Crippen molar-refractivity contribution in [1.29, 1.82) is 0 Å². The SMILES string of the molecule is COc1ccc(CCN2C(=O)c3oc4ccccc4c(=O)c3[C@H]2c2ccc(Cl)cc2)cc1. The lowest BCUT2D eigenvalue weighted by Gasteiger charge is -2.25. The molecular formula is C26H20ClNO4. The van der Waals surface area contributed by atoms with Crippen LogP contribution in [0.2, 0.25) is 5.02 Å². The van der Waals surface area contributed by atoms with Gasteiger partial charge in [-0.15, -0.1) is 0 Å². The number of ether oxygens (including phenoxy) is 1. The smallest absolute Gasteiger partial charge is 0.290 e. The van der Waals surface area contributed by atoms with Gasteiger partial charge in [-0.25, -0.2) is 0 Å². The van der Waals surface area contributed by atoms with Gasteiger partial charge in [0, 0.05) is 11.6 Å². The summed E-state index contributed by atoms with van der Waals surface area (Å²) in [6.07, 6.45) is 0.627. The molecule has 6 heteroatoms. The molecule has 1 aliphatic rings. The largest absolute Gasteiger partial charge is 0.497 e. The van der Waals surface area contributed by atoms with Crippen LogP contribution in [-0.2, 0) is 6.42 Å². The van der Waals surface area contributed by atoms with Crippen molar-refractivity contribution in [2.75, 3.05) is 13.7 Å². The summed E-state index contributed by atoms with van der Waals surface area (Å²) >= 11 is 6.09. The normalized spacial score (nSPS) is 15.2. The lowest BCUT2D eigenvalue weighted by atomic mass is 9.98. The Morgan fingerprint density at radius 3 is 2.41 bits per heavy atom. The second-order valence-corrected chi connectivity index (χ2v) is 8.16. The molecule has 0 fully saturated rings. The number of para-hydroxylation sites is 1. The van der Waals surface area contributed by atoms with Gasteiger partial charge < -0.3 is 14.1 Å². The Bertz CT molecular complexity index is 1360. The van der Waals surface area contributed by atoms with Gasteiger partial charge in [-0.2, -0.15) is 0 Å². The zero-order valence-corrected chi connectivity index (χ0v) is 18.1. The topological polar surface area (TPSA) is 59.8 Å². The molecule has 1 aromatic heterocycles. The molecule has 32 heavy (non-hydrogen) atoms. The number of carbonyl (C=O) groups excluding carboxylic acids is 1. The molecule has 0 saturated carbocycles. The molecule has 3 aromatic carbocycles. The summed E-state index contributed by atoms with van der Waals surface area (Å²) in [4.78, 5) is 28.6. The monoisotopic (exact) mass is 445 g/mol. The fourth-order valence-corrected chi connectivity index (χ4v) is 4.36. The average molecular weight is 446 g/mol. The lowest BCUT2D eigenvalue weighted by molar-refractivity contribution is 0.0730. The van der Waals surface area contributed by atoms with E-state index in [1.807, 2.05) is 36.4 Å². The molecule has 2 heterocycles. The third-order valence-corrected chi connectivity index (χ3v) is 6.11. The molecule has 0 unspecified atom stereocenters. The Morgan fingerprint density at radius 1 is 0.969 bits per heavy atom.